The van der Waals surface area contributed by atoms with Crippen molar-refractivity contribution in [3.63, 3.8) is 0 Å². The van der Waals surface area contributed by atoms with Crippen LogP contribution in [-0.4, -0.2) is 160 Å². The van der Waals surface area contributed by atoms with Gasteiger partial charge < -0.3 is 57.6 Å². The Balaban J connectivity index is 0. The van der Waals surface area contributed by atoms with Gasteiger partial charge in [-0.05, 0) is 68.3 Å². The Morgan fingerprint density at radius 3 is 1.29 bits per heavy atom. The molecule has 2 rings (SSSR count). The zero-order valence-electron chi connectivity index (χ0n) is 35.7. The molecule has 0 unspecified atom stereocenters. The summed E-state index contributed by atoms with van der Waals surface area (Å²) in [6, 6.07) is 13.9. The Kier molecular flexibility index (Phi) is 37.1. The molecular formula is C40H59BO17S. The van der Waals surface area contributed by atoms with Gasteiger partial charge in [-0.1, -0.05) is 24.3 Å². The van der Waals surface area contributed by atoms with Gasteiger partial charge in [0.05, 0.1) is 100 Å². The minimum absolute atomic E-state index is 0.0157. The van der Waals surface area contributed by atoms with Gasteiger partial charge in [-0.25, -0.2) is 14.4 Å². The topological polar surface area (TPSA) is 218 Å². The van der Waals surface area contributed by atoms with Crippen LogP contribution in [0.15, 0.2) is 59.7 Å². The summed E-state index contributed by atoms with van der Waals surface area (Å²) in [5.41, 5.74) is 1.25. The van der Waals surface area contributed by atoms with Crippen molar-refractivity contribution in [1.82, 2.24) is 0 Å². The SMILES string of the molecule is CCOC(=O)C(=Cc1ccc(OC)cc1)C(=O)OCC.COCCOCCOCCOC(=O)/C(=C\c1ccc(OC)cc1)C(C)=O.OCCOCCOCCO.[2H]B=S=O. The standard InChI is InChI=1S/C19H26O7.C15H18O5.C6H14O4.BHOS/c1-15(20)18(14-16-4-6-17(23-3)7-5-16)19(21)26-13-12-25-11-10-24-9-8-22-2;1-4-19-14(16)13(15(17)20-5-2)10-11-6-8-12(18-3)9-7-11;7-1-3-9-5-6-10-4-2-8;1-3-2/h4-7,14H,8-13H2,1-3H3;6-10H,4-5H2,1-3H3;7-8H,1-6H2;1H/b18-14-;;;/i;;;1D. The van der Waals surface area contributed by atoms with Crippen molar-refractivity contribution in [3.05, 3.63) is 70.8 Å². The average molecular weight is 856 g/mol. The molecule has 0 fully saturated rings. The summed E-state index contributed by atoms with van der Waals surface area (Å²) < 4.78 is 65.0. The molecule has 0 bridgehead atoms. The summed E-state index contributed by atoms with van der Waals surface area (Å²) in [7, 11) is 4.73. The van der Waals surface area contributed by atoms with Crippen LogP contribution in [0.5, 0.6) is 11.5 Å². The van der Waals surface area contributed by atoms with Crippen molar-refractivity contribution >= 4 is 53.6 Å². The van der Waals surface area contributed by atoms with Gasteiger partial charge in [0, 0.05) is 7.11 Å². The van der Waals surface area contributed by atoms with E-state index >= 15 is 0 Å². The molecule has 0 aliphatic rings. The Morgan fingerprint density at radius 2 is 0.949 bits per heavy atom. The van der Waals surface area contributed by atoms with E-state index in [0.717, 1.165) is 6.69 Å². The molecule has 330 valence electrons. The Hall–Kier alpha value is -4.60. The molecule has 0 saturated carbocycles. The molecule has 0 radical (unpaired) electrons. The van der Waals surface area contributed by atoms with Crippen LogP contribution in [0, 0.1) is 0 Å². The van der Waals surface area contributed by atoms with Crippen molar-refractivity contribution in [3.8, 4) is 11.5 Å². The van der Waals surface area contributed by atoms with Crippen LogP contribution >= 0.6 is 0 Å². The fraction of sp³-hybridized carbons (Fsp3) is 0.500. The molecular weight excluding hydrogens is 795 g/mol. The van der Waals surface area contributed by atoms with Crippen molar-refractivity contribution in [2.24, 2.45) is 0 Å². The van der Waals surface area contributed by atoms with Crippen molar-refractivity contribution in [2.75, 3.05) is 114 Å². The van der Waals surface area contributed by atoms with E-state index in [0.29, 0.717) is 75.5 Å². The van der Waals surface area contributed by atoms with Crippen LogP contribution < -0.4 is 9.47 Å². The number of Topliss-reactive ketones (excluding diaryl/α,β-unsaturated/α-hetero) is 1. The molecule has 2 aromatic rings. The molecule has 0 aliphatic heterocycles. The van der Waals surface area contributed by atoms with Gasteiger partial charge >= 0.3 is 41.2 Å². The Bertz CT molecular complexity index is 1520. The number of ketones is 1. The van der Waals surface area contributed by atoms with E-state index in [1.807, 2.05) is 0 Å². The van der Waals surface area contributed by atoms with E-state index in [2.05, 4.69) is 0 Å². The molecule has 0 atom stereocenters. The quantitative estimate of drug-likeness (QED) is 0.0263. The zero-order valence-corrected chi connectivity index (χ0v) is 35.5. The second-order valence-electron chi connectivity index (χ2n) is 10.8. The van der Waals surface area contributed by atoms with Gasteiger partial charge in [-0.2, -0.15) is 0 Å². The molecule has 59 heavy (non-hydrogen) atoms. The first-order valence-electron chi connectivity index (χ1n) is 18.8. The molecule has 17 nitrogen and oxygen atoms in total. The van der Waals surface area contributed by atoms with Crippen molar-refractivity contribution in [2.45, 2.75) is 20.8 Å². The number of rotatable bonds is 26. The summed E-state index contributed by atoms with van der Waals surface area (Å²) in [5.74, 6) is -1.04. The number of benzene rings is 2. The van der Waals surface area contributed by atoms with E-state index in [1.54, 1.807) is 83.7 Å². The first kappa shape index (κ1) is 54.4. The van der Waals surface area contributed by atoms with Crippen LogP contribution in [0.25, 0.3) is 12.2 Å². The number of aliphatic hydroxyl groups excluding tert-OH is 2. The molecule has 0 spiro atoms. The Morgan fingerprint density at radius 1 is 0.593 bits per heavy atom. The first-order chi connectivity index (χ1) is 29.0. The number of carbonyl (C=O) groups excluding carboxylic acids is 4. The predicted octanol–water partition coefficient (Wildman–Crippen LogP) is 2.11. The fourth-order valence-electron chi connectivity index (χ4n) is 3.84. The van der Waals surface area contributed by atoms with Crippen molar-refractivity contribution < 1.29 is 81.0 Å². The number of hydrogen-bond acceptors (Lipinski definition) is 17. The van der Waals surface area contributed by atoms with Gasteiger partial charge in [-0.15, -0.1) is 0 Å². The molecule has 0 aliphatic carbocycles. The molecule has 0 aromatic heterocycles. The van der Waals surface area contributed by atoms with Crippen LogP contribution in [0.3, 0.4) is 0 Å². The third-order valence-electron chi connectivity index (χ3n) is 6.55. The molecule has 2 N–H and O–H groups in total. The molecule has 0 amide bonds. The summed E-state index contributed by atoms with van der Waals surface area (Å²) in [6.45, 7) is 9.68. The number of methoxy groups -OCH3 is 3. The third-order valence-corrected chi connectivity index (χ3v) is 6.55. The number of ether oxygens (including phenoxy) is 10. The summed E-state index contributed by atoms with van der Waals surface area (Å²) >= 11 is 0.148. The van der Waals surface area contributed by atoms with E-state index in [4.69, 9.17) is 63.1 Å². The summed E-state index contributed by atoms with van der Waals surface area (Å²) in [6.07, 6.45) is 2.93. The van der Waals surface area contributed by atoms with Gasteiger partial charge in [0.15, 0.2) is 5.78 Å². The van der Waals surface area contributed by atoms with Crippen LogP contribution in [-0.2, 0) is 68.2 Å². The van der Waals surface area contributed by atoms with E-state index in [-0.39, 0.29) is 67.7 Å². The third kappa shape index (κ3) is 31.1. The summed E-state index contributed by atoms with van der Waals surface area (Å²) in [4.78, 5) is 47.4. The van der Waals surface area contributed by atoms with Crippen LogP contribution in [0.1, 0.15) is 31.9 Å². The summed E-state index contributed by atoms with van der Waals surface area (Å²) in [5, 5.41) is 16.5. The molecule has 19 heteroatoms. The van der Waals surface area contributed by atoms with Gasteiger partial charge in [0.25, 0.3) is 0 Å². The number of esters is 3. The molecule has 0 heterocycles. The van der Waals surface area contributed by atoms with Crippen LogP contribution in [0.4, 0.5) is 0 Å². The predicted molar refractivity (Wildman–Crippen MR) is 221 cm³/mol. The fourth-order valence-corrected chi connectivity index (χ4v) is 3.84. The zero-order chi connectivity index (χ0) is 45.2. The maximum atomic E-state index is 12.1. The number of carbonyl (C=O) groups is 4. The molecule has 2 aromatic carbocycles. The normalized spacial score (nSPS) is 10.2. The van der Waals surface area contributed by atoms with Gasteiger partial charge in [0.2, 0.25) is 0 Å². The van der Waals surface area contributed by atoms with E-state index < -0.39 is 17.9 Å². The average Bonchev–Trinajstić information content (AvgIpc) is 3.26. The second-order valence-corrected chi connectivity index (χ2v) is 11.0. The maximum absolute atomic E-state index is 12.1. The van der Waals surface area contributed by atoms with E-state index in [1.165, 1.54) is 19.1 Å². The van der Waals surface area contributed by atoms with Crippen LogP contribution in [0.2, 0.25) is 0 Å². The van der Waals surface area contributed by atoms with Crippen molar-refractivity contribution in [1.29, 1.82) is 1.34 Å². The first-order valence-corrected chi connectivity index (χ1v) is 19.1. The van der Waals surface area contributed by atoms with E-state index in [9.17, 15) is 19.2 Å². The molecule has 0 saturated heterocycles. The number of hydrogen-bond donors (Lipinski definition) is 2. The monoisotopic (exact) mass is 855 g/mol. The van der Waals surface area contributed by atoms with Gasteiger partial charge in [-0.3, -0.25) is 4.79 Å². The van der Waals surface area contributed by atoms with Gasteiger partial charge in [0.1, 0.15) is 29.3 Å². The number of aliphatic hydroxyl groups is 2. The second kappa shape index (κ2) is 40.2. The Labute approximate surface area is 352 Å². The minimum atomic E-state index is -0.693.